The Labute approximate surface area is 159 Å². The lowest BCUT2D eigenvalue weighted by Gasteiger charge is -2.29. The Morgan fingerprint density at radius 2 is 1.92 bits per heavy atom. The van der Waals surface area contributed by atoms with E-state index in [4.69, 9.17) is 16.9 Å². The molecule has 1 saturated heterocycles. The van der Waals surface area contributed by atoms with Gasteiger partial charge in [0, 0.05) is 5.02 Å². The molecule has 1 amide bonds. The maximum atomic E-state index is 12.3. The number of halogens is 1. The number of hydrogen-bond donors (Lipinski definition) is 2. The van der Waals surface area contributed by atoms with Crippen LogP contribution in [0.1, 0.15) is 24.0 Å². The molecule has 26 heavy (non-hydrogen) atoms. The van der Waals surface area contributed by atoms with Gasteiger partial charge in [-0.3, -0.25) is 4.79 Å². The van der Waals surface area contributed by atoms with E-state index < -0.39 is 0 Å². The zero-order valence-corrected chi connectivity index (χ0v) is 15.4. The Bertz CT molecular complexity index is 793. The Kier molecular flexibility index (Phi) is 6.27. The van der Waals surface area contributed by atoms with Crippen LogP contribution in [0.4, 0.5) is 5.69 Å². The smallest absolute Gasteiger partial charge is 0.279 e. The first-order valence-electron chi connectivity index (χ1n) is 9.01. The van der Waals surface area contributed by atoms with E-state index >= 15 is 0 Å². The van der Waals surface area contributed by atoms with Crippen molar-refractivity contribution in [1.29, 1.82) is 5.26 Å². The number of amides is 1. The SMILES string of the molecule is N#Cc1ccc(Cl)cc1NC(=O)C[NH+]1CCC(Cc2ccccc2)CC1. The number of quaternary nitrogens is 1. The zero-order valence-electron chi connectivity index (χ0n) is 14.7. The molecule has 1 heterocycles. The van der Waals surface area contributed by atoms with Gasteiger partial charge in [0.25, 0.3) is 5.91 Å². The van der Waals surface area contributed by atoms with Gasteiger partial charge < -0.3 is 10.2 Å². The Morgan fingerprint density at radius 1 is 1.19 bits per heavy atom. The Balaban J connectivity index is 1.48. The molecule has 0 radical (unpaired) electrons. The highest BCUT2D eigenvalue weighted by molar-refractivity contribution is 6.31. The average molecular weight is 369 g/mol. The lowest BCUT2D eigenvalue weighted by atomic mass is 9.90. The summed E-state index contributed by atoms with van der Waals surface area (Å²) >= 11 is 5.97. The van der Waals surface area contributed by atoms with Gasteiger partial charge in [0.2, 0.25) is 0 Å². The minimum Gasteiger partial charge on any atom is -0.327 e. The highest BCUT2D eigenvalue weighted by Crippen LogP contribution is 2.20. The number of likely N-dealkylation sites (tertiary alicyclic amines) is 1. The highest BCUT2D eigenvalue weighted by atomic mass is 35.5. The van der Waals surface area contributed by atoms with Crippen molar-refractivity contribution in [2.24, 2.45) is 5.92 Å². The molecule has 0 atom stereocenters. The van der Waals surface area contributed by atoms with E-state index in [2.05, 4.69) is 35.7 Å². The van der Waals surface area contributed by atoms with Gasteiger partial charge in [-0.05, 0) is 48.9 Å². The summed E-state index contributed by atoms with van der Waals surface area (Å²) in [5.74, 6) is 0.627. The number of nitrogens with zero attached hydrogens (tertiary/aromatic N) is 1. The molecular formula is C21H23ClN3O+. The number of carbonyl (C=O) groups is 1. The summed E-state index contributed by atoms with van der Waals surface area (Å²) in [6.07, 6.45) is 3.39. The van der Waals surface area contributed by atoms with Crippen LogP contribution in [0.3, 0.4) is 0 Å². The molecule has 0 saturated carbocycles. The first kappa shape index (κ1) is 18.4. The predicted octanol–water partition coefficient (Wildman–Crippen LogP) is 2.69. The van der Waals surface area contributed by atoms with Crippen molar-refractivity contribution in [2.45, 2.75) is 19.3 Å². The van der Waals surface area contributed by atoms with Crippen LogP contribution in [0, 0.1) is 17.2 Å². The number of carbonyl (C=O) groups excluding carboxylic acids is 1. The minimum absolute atomic E-state index is 0.0692. The van der Waals surface area contributed by atoms with Crippen LogP contribution in [0.25, 0.3) is 0 Å². The third kappa shape index (κ3) is 5.08. The van der Waals surface area contributed by atoms with Crippen molar-refractivity contribution >= 4 is 23.2 Å². The molecule has 2 aromatic rings. The predicted molar refractivity (Wildman–Crippen MR) is 103 cm³/mol. The number of benzene rings is 2. The number of nitriles is 1. The molecule has 0 unspecified atom stereocenters. The lowest BCUT2D eigenvalue weighted by molar-refractivity contribution is -0.898. The van der Waals surface area contributed by atoms with Gasteiger partial charge in [0.1, 0.15) is 6.07 Å². The van der Waals surface area contributed by atoms with Gasteiger partial charge in [-0.2, -0.15) is 5.26 Å². The molecule has 2 N–H and O–H groups in total. The number of rotatable bonds is 5. The van der Waals surface area contributed by atoms with Crippen LogP contribution in [0.2, 0.25) is 5.02 Å². The molecule has 3 rings (SSSR count). The van der Waals surface area contributed by atoms with Gasteiger partial charge in [0.05, 0.1) is 24.3 Å². The fourth-order valence-electron chi connectivity index (χ4n) is 3.55. The van der Waals surface area contributed by atoms with E-state index in [-0.39, 0.29) is 5.91 Å². The minimum atomic E-state index is -0.0692. The molecule has 1 fully saturated rings. The first-order chi connectivity index (χ1) is 12.6. The van der Waals surface area contributed by atoms with Gasteiger partial charge in [-0.15, -0.1) is 0 Å². The van der Waals surface area contributed by atoms with Crippen molar-refractivity contribution in [2.75, 3.05) is 25.0 Å². The van der Waals surface area contributed by atoms with E-state index in [9.17, 15) is 4.79 Å². The molecule has 0 aliphatic carbocycles. The van der Waals surface area contributed by atoms with Crippen LogP contribution in [0.5, 0.6) is 0 Å². The molecule has 1 aliphatic heterocycles. The molecule has 0 spiro atoms. The van der Waals surface area contributed by atoms with Crippen molar-refractivity contribution in [3.8, 4) is 6.07 Å². The maximum Gasteiger partial charge on any atom is 0.279 e. The Hall–Kier alpha value is -2.35. The van der Waals surface area contributed by atoms with E-state index in [1.165, 1.54) is 10.5 Å². The molecule has 2 aromatic carbocycles. The molecule has 4 nitrogen and oxygen atoms in total. The molecule has 1 aliphatic rings. The number of hydrogen-bond acceptors (Lipinski definition) is 2. The molecule has 0 aromatic heterocycles. The van der Waals surface area contributed by atoms with Crippen LogP contribution < -0.4 is 10.2 Å². The number of anilines is 1. The summed E-state index contributed by atoms with van der Waals surface area (Å²) in [5, 5.41) is 12.5. The average Bonchev–Trinajstić information content (AvgIpc) is 2.64. The largest absolute Gasteiger partial charge is 0.327 e. The van der Waals surface area contributed by atoms with Crippen molar-refractivity contribution < 1.29 is 9.69 Å². The van der Waals surface area contributed by atoms with Gasteiger partial charge >= 0.3 is 0 Å². The second kappa shape index (κ2) is 8.84. The standard InChI is InChI=1S/C21H22ClN3O/c22-19-7-6-18(14-23)20(13-19)24-21(26)15-25-10-8-17(9-11-25)12-16-4-2-1-3-5-16/h1-7,13,17H,8-12,15H2,(H,24,26)/p+1. The fraction of sp³-hybridized carbons (Fsp3) is 0.333. The summed E-state index contributed by atoms with van der Waals surface area (Å²) in [7, 11) is 0. The fourth-order valence-corrected chi connectivity index (χ4v) is 3.73. The third-order valence-electron chi connectivity index (χ3n) is 4.97. The molecule has 134 valence electrons. The highest BCUT2D eigenvalue weighted by Gasteiger charge is 2.24. The third-order valence-corrected chi connectivity index (χ3v) is 5.20. The van der Waals surface area contributed by atoms with Crippen LogP contribution in [0.15, 0.2) is 48.5 Å². The zero-order chi connectivity index (χ0) is 18.4. The van der Waals surface area contributed by atoms with E-state index in [1.54, 1.807) is 18.2 Å². The van der Waals surface area contributed by atoms with Crippen LogP contribution in [-0.2, 0) is 11.2 Å². The topological polar surface area (TPSA) is 57.3 Å². The summed E-state index contributed by atoms with van der Waals surface area (Å²) in [6.45, 7) is 2.44. The quantitative estimate of drug-likeness (QED) is 0.852. The van der Waals surface area contributed by atoms with Crippen molar-refractivity contribution in [3.05, 3.63) is 64.7 Å². The summed E-state index contributed by atoms with van der Waals surface area (Å²) < 4.78 is 0. The second-order valence-electron chi connectivity index (χ2n) is 6.91. The molecule has 5 heteroatoms. The Morgan fingerprint density at radius 3 is 2.62 bits per heavy atom. The van der Waals surface area contributed by atoms with E-state index in [0.717, 1.165) is 32.4 Å². The van der Waals surface area contributed by atoms with Crippen LogP contribution >= 0.6 is 11.6 Å². The second-order valence-corrected chi connectivity index (χ2v) is 7.35. The molecular weight excluding hydrogens is 346 g/mol. The van der Waals surface area contributed by atoms with Gasteiger partial charge in [0.15, 0.2) is 6.54 Å². The summed E-state index contributed by atoms with van der Waals surface area (Å²) in [5.41, 5.74) is 2.31. The number of nitrogens with one attached hydrogen (secondary N) is 2. The monoisotopic (exact) mass is 368 g/mol. The summed E-state index contributed by atoms with van der Waals surface area (Å²) in [4.78, 5) is 13.6. The normalized spacial score (nSPS) is 19.5. The lowest BCUT2D eigenvalue weighted by Crippen LogP contribution is -3.14. The van der Waals surface area contributed by atoms with E-state index in [0.29, 0.717) is 28.7 Å². The van der Waals surface area contributed by atoms with Crippen molar-refractivity contribution in [1.82, 2.24) is 0 Å². The van der Waals surface area contributed by atoms with Gasteiger partial charge in [-0.25, -0.2) is 0 Å². The van der Waals surface area contributed by atoms with Crippen LogP contribution in [-0.4, -0.2) is 25.5 Å². The maximum absolute atomic E-state index is 12.3. The van der Waals surface area contributed by atoms with Gasteiger partial charge in [-0.1, -0.05) is 41.9 Å². The van der Waals surface area contributed by atoms with E-state index in [1.807, 2.05) is 6.07 Å². The molecule has 0 bridgehead atoms. The van der Waals surface area contributed by atoms with Crippen molar-refractivity contribution in [3.63, 3.8) is 0 Å². The number of piperidine rings is 1. The first-order valence-corrected chi connectivity index (χ1v) is 9.39. The summed E-state index contributed by atoms with van der Waals surface area (Å²) in [6, 6.07) is 17.6.